The van der Waals surface area contributed by atoms with Crippen LogP contribution in [0.15, 0.2) is 102 Å². The lowest BCUT2D eigenvalue weighted by molar-refractivity contribution is 0.122. The van der Waals surface area contributed by atoms with Crippen LogP contribution in [0.1, 0.15) is 36.8 Å². The van der Waals surface area contributed by atoms with E-state index in [0.29, 0.717) is 31.1 Å². The molecule has 0 unspecified atom stereocenters. The van der Waals surface area contributed by atoms with E-state index in [1.807, 2.05) is 48.7 Å². The van der Waals surface area contributed by atoms with E-state index < -0.39 is 0 Å². The third-order valence-corrected chi connectivity index (χ3v) is 8.14. The number of hydrogen-bond acceptors (Lipinski definition) is 9. The minimum absolute atomic E-state index is 0.0525. The zero-order valence-electron chi connectivity index (χ0n) is 24.5. The number of nitrogens with zero attached hydrogens (tertiary/aromatic N) is 6. The van der Waals surface area contributed by atoms with Crippen LogP contribution in [0, 0.1) is 0 Å². The Morgan fingerprint density at radius 3 is 2.18 bits per heavy atom. The maximum absolute atomic E-state index is 6.71. The molecule has 0 radical (unpaired) electrons. The first kappa shape index (κ1) is 27.9. The van der Waals surface area contributed by atoms with Gasteiger partial charge in [-0.05, 0) is 37.8 Å². The number of fused-ring (bicyclic) bond motifs is 1. The first-order valence-corrected chi connectivity index (χ1v) is 15.3. The van der Waals surface area contributed by atoms with Crippen LogP contribution in [0.5, 0.6) is 5.88 Å². The second-order valence-corrected chi connectivity index (χ2v) is 11.1. The Labute approximate surface area is 257 Å². The molecule has 222 valence electrons. The summed E-state index contributed by atoms with van der Waals surface area (Å²) in [7, 11) is 0. The number of ether oxygens (including phenoxy) is 2. The molecule has 1 aliphatic carbocycles. The smallest absolute Gasteiger partial charge is 0.225 e. The van der Waals surface area contributed by atoms with Crippen LogP contribution in [0.25, 0.3) is 10.9 Å². The Kier molecular flexibility index (Phi) is 8.36. The maximum Gasteiger partial charge on any atom is 0.225 e. The average molecular weight is 586 g/mol. The third kappa shape index (κ3) is 6.53. The summed E-state index contributed by atoms with van der Waals surface area (Å²) in [5.74, 6) is 2.15. The van der Waals surface area contributed by atoms with Gasteiger partial charge in [0.2, 0.25) is 11.8 Å². The monoisotopic (exact) mass is 585 g/mol. The molecule has 44 heavy (non-hydrogen) atoms. The first-order valence-electron chi connectivity index (χ1n) is 15.3. The number of nitrogens with one attached hydrogen (secondary N) is 1. The van der Waals surface area contributed by atoms with Crippen molar-refractivity contribution in [2.75, 3.05) is 36.5 Å². The Morgan fingerprint density at radius 1 is 0.818 bits per heavy atom. The van der Waals surface area contributed by atoms with E-state index >= 15 is 0 Å². The van der Waals surface area contributed by atoms with Crippen molar-refractivity contribution in [2.24, 2.45) is 4.99 Å². The van der Waals surface area contributed by atoms with Gasteiger partial charge in [-0.2, -0.15) is 4.98 Å². The van der Waals surface area contributed by atoms with Crippen LogP contribution in [-0.4, -0.2) is 64.1 Å². The van der Waals surface area contributed by atoms with Crippen molar-refractivity contribution < 1.29 is 9.47 Å². The number of anilines is 2. The van der Waals surface area contributed by atoms with E-state index in [-0.39, 0.29) is 6.10 Å². The van der Waals surface area contributed by atoms with Gasteiger partial charge in [-0.15, -0.1) is 0 Å². The predicted molar refractivity (Wildman–Crippen MR) is 173 cm³/mol. The standard InChI is InChI=1S/C35H35N7O2/c1-3-8-25(9-4-1)33(26-10-5-2-6-11-26)39-28-22-30-31(38-24-28)23-32(42-18-20-43-21-19-42)41-34(30)44-29-14-12-27(13-15-29)40-35-36-16-7-17-37-35/h1-11,16-17,22-24,27,29H,12-15,18-21H2,(H,36,37,40). The summed E-state index contributed by atoms with van der Waals surface area (Å²) in [6.07, 6.45) is 9.17. The molecule has 0 spiro atoms. The Hall–Kier alpha value is -4.89. The van der Waals surface area contributed by atoms with Gasteiger partial charge >= 0.3 is 0 Å². The summed E-state index contributed by atoms with van der Waals surface area (Å²) in [4.78, 5) is 26.0. The summed E-state index contributed by atoms with van der Waals surface area (Å²) in [5.41, 5.74) is 4.57. The highest BCUT2D eigenvalue weighted by Gasteiger charge is 2.25. The average Bonchev–Trinajstić information content (AvgIpc) is 3.10. The van der Waals surface area contributed by atoms with Gasteiger partial charge in [0.25, 0.3) is 0 Å². The molecule has 1 saturated carbocycles. The fraction of sp³-hybridized carbons (Fsp3) is 0.286. The molecule has 5 aromatic rings. The van der Waals surface area contributed by atoms with Gasteiger partial charge in [-0.1, -0.05) is 60.7 Å². The van der Waals surface area contributed by atoms with Crippen LogP contribution in [0.2, 0.25) is 0 Å². The summed E-state index contributed by atoms with van der Waals surface area (Å²) in [5, 5.41) is 4.33. The minimum atomic E-state index is 0.0525. The van der Waals surface area contributed by atoms with Crippen molar-refractivity contribution in [2.45, 2.75) is 37.8 Å². The fourth-order valence-corrected chi connectivity index (χ4v) is 5.83. The van der Waals surface area contributed by atoms with Crippen molar-refractivity contribution in [3.05, 3.63) is 109 Å². The van der Waals surface area contributed by atoms with Gasteiger partial charge in [0.05, 0.1) is 41.7 Å². The third-order valence-electron chi connectivity index (χ3n) is 8.14. The molecule has 7 rings (SSSR count). The zero-order valence-corrected chi connectivity index (χ0v) is 24.5. The number of aromatic nitrogens is 4. The van der Waals surface area contributed by atoms with Crippen LogP contribution in [0.4, 0.5) is 17.5 Å². The van der Waals surface area contributed by atoms with Crippen molar-refractivity contribution in [3.8, 4) is 5.88 Å². The molecule has 2 aromatic carbocycles. The lowest BCUT2D eigenvalue weighted by Gasteiger charge is -2.31. The van der Waals surface area contributed by atoms with Gasteiger partial charge in [-0.3, -0.25) is 4.98 Å². The molecule has 2 aliphatic rings. The van der Waals surface area contributed by atoms with Gasteiger partial charge in [0.15, 0.2) is 0 Å². The number of morpholine rings is 1. The molecule has 0 atom stereocenters. The number of aliphatic imine (C=N–C) groups is 1. The van der Waals surface area contributed by atoms with Crippen molar-refractivity contribution >= 4 is 34.1 Å². The van der Waals surface area contributed by atoms with Gasteiger partial charge in [0, 0.05) is 48.7 Å². The molecular formula is C35H35N7O2. The summed E-state index contributed by atoms with van der Waals surface area (Å²) in [6, 6.07) is 26.8. The zero-order chi connectivity index (χ0) is 29.6. The highest BCUT2D eigenvalue weighted by molar-refractivity contribution is 6.14. The molecule has 2 fully saturated rings. The highest BCUT2D eigenvalue weighted by atomic mass is 16.5. The van der Waals surface area contributed by atoms with Crippen molar-refractivity contribution in [3.63, 3.8) is 0 Å². The Balaban J connectivity index is 1.20. The largest absolute Gasteiger partial charge is 0.474 e. The quantitative estimate of drug-likeness (QED) is 0.214. The van der Waals surface area contributed by atoms with Crippen molar-refractivity contribution in [1.29, 1.82) is 0 Å². The lowest BCUT2D eigenvalue weighted by atomic mass is 9.93. The molecule has 0 bridgehead atoms. The SMILES string of the molecule is c1ccc(C(=Nc2cnc3cc(N4CCOCC4)nc(OC4CCC(Nc5ncccn5)CC4)c3c2)c2ccccc2)cc1. The minimum Gasteiger partial charge on any atom is -0.474 e. The van der Waals surface area contributed by atoms with E-state index in [1.165, 1.54) is 0 Å². The van der Waals surface area contributed by atoms with E-state index in [4.69, 9.17) is 24.4 Å². The lowest BCUT2D eigenvalue weighted by Crippen LogP contribution is -2.37. The molecule has 4 heterocycles. The second-order valence-electron chi connectivity index (χ2n) is 11.1. The predicted octanol–water partition coefficient (Wildman–Crippen LogP) is 6.23. The van der Waals surface area contributed by atoms with Gasteiger partial charge in [0.1, 0.15) is 11.9 Å². The van der Waals surface area contributed by atoms with Gasteiger partial charge < -0.3 is 19.7 Å². The van der Waals surface area contributed by atoms with Crippen LogP contribution in [0.3, 0.4) is 0 Å². The summed E-state index contributed by atoms with van der Waals surface area (Å²) >= 11 is 0. The van der Waals surface area contributed by atoms with Crippen LogP contribution >= 0.6 is 0 Å². The number of rotatable bonds is 8. The van der Waals surface area contributed by atoms with E-state index in [9.17, 15) is 0 Å². The number of benzene rings is 2. The number of hydrogen-bond donors (Lipinski definition) is 1. The summed E-state index contributed by atoms with van der Waals surface area (Å²) < 4.78 is 12.3. The molecule has 1 aliphatic heterocycles. The summed E-state index contributed by atoms with van der Waals surface area (Å²) in [6.45, 7) is 2.94. The second kappa shape index (κ2) is 13.2. The van der Waals surface area contributed by atoms with E-state index in [2.05, 4.69) is 56.6 Å². The Morgan fingerprint density at radius 2 is 1.50 bits per heavy atom. The van der Waals surface area contributed by atoms with Crippen LogP contribution < -0.4 is 15.0 Å². The van der Waals surface area contributed by atoms with Gasteiger partial charge in [-0.25, -0.2) is 15.0 Å². The topological polar surface area (TPSA) is 97.7 Å². The molecule has 3 aromatic heterocycles. The Bertz CT molecular complexity index is 1660. The number of pyridine rings is 2. The fourth-order valence-electron chi connectivity index (χ4n) is 5.83. The molecule has 1 N–H and O–H groups in total. The molecule has 9 nitrogen and oxygen atoms in total. The van der Waals surface area contributed by atoms with E-state index in [0.717, 1.165) is 78.0 Å². The molecule has 9 heteroatoms. The normalized spacial score (nSPS) is 18.5. The molecule has 0 amide bonds. The maximum atomic E-state index is 6.71. The molecule has 1 saturated heterocycles. The van der Waals surface area contributed by atoms with Crippen molar-refractivity contribution in [1.82, 2.24) is 19.9 Å². The highest BCUT2D eigenvalue weighted by Crippen LogP contribution is 2.33. The first-order chi connectivity index (χ1) is 21.8. The molecular weight excluding hydrogens is 550 g/mol. The van der Waals surface area contributed by atoms with Crippen LogP contribution in [-0.2, 0) is 4.74 Å². The van der Waals surface area contributed by atoms with E-state index in [1.54, 1.807) is 12.4 Å².